The molecule has 2 aromatic carbocycles. The van der Waals surface area contributed by atoms with E-state index in [9.17, 15) is 22.8 Å². The largest absolute Gasteiger partial charge is 0.416 e. The molecule has 0 aliphatic carbocycles. The maximum Gasteiger partial charge on any atom is 0.416 e. The molecule has 0 aliphatic heterocycles. The molecule has 0 bridgehead atoms. The van der Waals surface area contributed by atoms with Crippen molar-refractivity contribution in [3.8, 4) is 11.8 Å². The predicted octanol–water partition coefficient (Wildman–Crippen LogP) is 2.53. The van der Waals surface area contributed by atoms with Crippen LogP contribution in [0.25, 0.3) is 0 Å². The van der Waals surface area contributed by atoms with Gasteiger partial charge in [0.15, 0.2) is 0 Å². The summed E-state index contributed by atoms with van der Waals surface area (Å²) < 4.78 is 37.8. The fourth-order valence-electron chi connectivity index (χ4n) is 2.15. The fraction of sp³-hybridized carbons (Fsp3) is 0.200. The van der Waals surface area contributed by atoms with Crippen LogP contribution in [0.4, 0.5) is 13.2 Å². The number of carbonyl (C=O) groups excluding carboxylic acids is 2. The van der Waals surface area contributed by atoms with Crippen molar-refractivity contribution in [2.75, 3.05) is 13.1 Å². The molecule has 0 aromatic heterocycles. The second-order valence-electron chi connectivity index (χ2n) is 5.60. The van der Waals surface area contributed by atoms with Crippen LogP contribution >= 0.6 is 0 Å². The minimum atomic E-state index is -4.43. The molecule has 0 saturated carbocycles. The minimum absolute atomic E-state index is 0.0381. The molecule has 0 heterocycles. The summed E-state index contributed by atoms with van der Waals surface area (Å²) in [6.45, 7) is -0.236. The normalized spacial score (nSPS) is 10.5. The summed E-state index contributed by atoms with van der Waals surface area (Å²) in [6, 6.07) is 13.7. The van der Waals surface area contributed by atoms with E-state index in [0.29, 0.717) is 0 Å². The topological polar surface area (TPSA) is 58.2 Å². The van der Waals surface area contributed by atoms with E-state index in [4.69, 9.17) is 0 Å². The van der Waals surface area contributed by atoms with Crippen LogP contribution in [-0.4, -0.2) is 24.9 Å². The van der Waals surface area contributed by atoms with E-state index in [2.05, 4.69) is 22.5 Å². The van der Waals surface area contributed by atoms with Gasteiger partial charge in [-0.1, -0.05) is 48.2 Å². The first-order chi connectivity index (χ1) is 12.8. The lowest BCUT2D eigenvalue weighted by Crippen LogP contribution is -2.37. The summed E-state index contributed by atoms with van der Waals surface area (Å²) >= 11 is 0. The van der Waals surface area contributed by atoms with E-state index in [1.165, 1.54) is 12.1 Å². The average Bonchev–Trinajstić information content (AvgIpc) is 2.64. The first-order valence-corrected chi connectivity index (χ1v) is 8.08. The van der Waals surface area contributed by atoms with Gasteiger partial charge in [0.2, 0.25) is 11.8 Å². The number of alkyl halides is 3. The molecule has 0 atom stereocenters. The van der Waals surface area contributed by atoms with Crippen LogP contribution in [0.5, 0.6) is 0 Å². The number of benzene rings is 2. The van der Waals surface area contributed by atoms with Gasteiger partial charge in [-0.3, -0.25) is 9.59 Å². The molecule has 2 amide bonds. The lowest BCUT2D eigenvalue weighted by Gasteiger charge is -2.06. The van der Waals surface area contributed by atoms with Crippen LogP contribution in [0.3, 0.4) is 0 Å². The van der Waals surface area contributed by atoms with Gasteiger partial charge in [-0.2, -0.15) is 13.2 Å². The van der Waals surface area contributed by atoms with Gasteiger partial charge < -0.3 is 10.6 Å². The van der Waals surface area contributed by atoms with Crippen molar-refractivity contribution in [1.29, 1.82) is 0 Å². The molecule has 0 radical (unpaired) electrons. The van der Waals surface area contributed by atoms with Gasteiger partial charge in [-0.25, -0.2) is 0 Å². The molecule has 2 aromatic rings. The first kappa shape index (κ1) is 20.0. The summed E-state index contributed by atoms with van der Waals surface area (Å²) in [5, 5.41) is 4.96. The summed E-state index contributed by atoms with van der Waals surface area (Å²) in [5.41, 5.74) is 0.261. The Morgan fingerprint density at radius 2 is 1.67 bits per heavy atom. The fourth-order valence-corrected chi connectivity index (χ4v) is 2.15. The Labute approximate surface area is 154 Å². The number of amides is 2. The molecule has 0 fully saturated rings. The van der Waals surface area contributed by atoms with Gasteiger partial charge in [-0.15, -0.1) is 0 Å². The zero-order valence-corrected chi connectivity index (χ0v) is 14.3. The zero-order valence-electron chi connectivity index (χ0n) is 14.3. The monoisotopic (exact) mass is 374 g/mol. The summed E-state index contributed by atoms with van der Waals surface area (Å²) in [5.74, 6) is 4.41. The highest BCUT2D eigenvalue weighted by Crippen LogP contribution is 2.29. The average molecular weight is 374 g/mol. The van der Waals surface area contributed by atoms with Crippen LogP contribution < -0.4 is 10.6 Å². The van der Waals surface area contributed by atoms with E-state index < -0.39 is 17.6 Å². The summed E-state index contributed by atoms with van der Waals surface area (Å²) in [7, 11) is 0. The molecule has 2 rings (SSSR count). The molecule has 140 valence electrons. The molecular formula is C20H17F3N2O2. The minimum Gasteiger partial charge on any atom is -0.347 e. The van der Waals surface area contributed by atoms with Crippen LogP contribution in [0, 0.1) is 11.8 Å². The van der Waals surface area contributed by atoms with Crippen molar-refractivity contribution in [3.63, 3.8) is 0 Å². The molecule has 2 N–H and O–H groups in total. The summed E-state index contributed by atoms with van der Waals surface area (Å²) in [4.78, 5) is 23.4. The van der Waals surface area contributed by atoms with Gasteiger partial charge >= 0.3 is 6.18 Å². The third-order valence-electron chi connectivity index (χ3n) is 3.45. The first-order valence-electron chi connectivity index (χ1n) is 8.08. The maximum atomic E-state index is 12.6. The molecule has 0 unspecified atom stereocenters. The van der Waals surface area contributed by atoms with Crippen molar-refractivity contribution in [2.45, 2.75) is 12.6 Å². The Morgan fingerprint density at radius 1 is 0.926 bits per heavy atom. The number of halogens is 3. The predicted molar refractivity (Wildman–Crippen MR) is 94.5 cm³/mol. The van der Waals surface area contributed by atoms with E-state index in [0.717, 1.165) is 17.7 Å². The summed E-state index contributed by atoms with van der Waals surface area (Å²) in [6.07, 6.45) is -4.26. The van der Waals surface area contributed by atoms with Crippen molar-refractivity contribution >= 4 is 11.8 Å². The quantitative estimate of drug-likeness (QED) is 0.791. The number of carbonyl (C=O) groups is 2. The molecule has 27 heavy (non-hydrogen) atoms. The maximum absolute atomic E-state index is 12.6. The lowest BCUT2D eigenvalue weighted by atomic mass is 10.1. The van der Waals surface area contributed by atoms with Gasteiger partial charge in [0.05, 0.1) is 25.1 Å². The Kier molecular flexibility index (Phi) is 7.00. The van der Waals surface area contributed by atoms with Crippen LogP contribution in [0.15, 0.2) is 54.6 Å². The van der Waals surface area contributed by atoms with Gasteiger partial charge in [0.25, 0.3) is 0 Å². The van der Waals surface area contributed by atoms with Gasteiger partial charge in [-0.05, 0) is 23.8 Å². The van der Waals surface area contributed by atoms with Crippen molar-refractivity contribution < 1.29 is 22.8 Å². The smallest absolute Gasteiger partial charge is 0.347 e. The molecule has 0 aliphatic rings. The van der Waals surface area contributed by atoms with E-state index >= 15 is 0 Å². The Balaban J connectivity index is 1.74. The highest BCUT2D eigenvalue weighted by molar-refractivity contribution is 5.85. The second-order valence-corrected chi connectivity index (χ2v) is 5.60. The highest BCUT2D eigenvalue weighted by Gasteiger charge is 2.30. The van der Waals surface area contributed by atoms with Crippen molar-refractivity contribution in [3.05, 3.63) is 71.3 Å². The van der Waals surface area contributed by atoms with Crippen molar-refractivity contribution in [2.24, 2.45) is 0 Å². The molecule has 4 nitrogen and oxygen atoms in total. The zero-order chi connectivity index (χ0) is 19.7. The number of rotatable bonds is 5. The van der Waals surface area contributed by atoms with Gasteiger partial charge in [0, 0.05) is 5.56 Å². The third kappa shape index (κ3) is 7.24. The number of hydrogen-bond acceptors (Lipinski definition) is 2. The van der Waals surface area contributed by atoms with Crippen LogP contribution in [0.1, 0.15) is 16.7 Å². The van der Waals surface area contributed by atoms with Crippen LogP contribution in [-0.2, 0) is 22.2 Å². The number of hydrogen-bond donors (Lipinski definition) is 2. The SMILES string of the molecule is O=C(CNC(=O)Cc1ccccc1)NCC#Cc1cccc(C(F)(F)F)c1. The molecular weight excluding hydrogens is 357 g/mol. The van der Waals surface area contributed by atoms with E-state index in [1.807, 2.05) is 30.3 Å². The van der Waals surface area contributed by atoms with Gasteiger partial charge in [0.1, 0.15) is 0 Å². The second kappa shape index (κ2) is 9.43. The Morgan fingerprint density at radius 3 is 2.37 bits per heavy atom. The molecule has 0 saturated heterocycles. The molecule has 0 spiro atoms. The Hall–Kier alpha value is -3.27. The van der Waals surface area contributed by atoms with Crippen molar-refractivity contribution in [1.82, 2.24) is 10.6 Å². The van der Waals surface area contributed by atoms with E-state index in [1.54, 1.807) is 0 Å². The third-order valence-corrected chi connectivity index (χ3v) is 3.45. The Bertz CT molecular complexity index is 853. The highest BCUT2D eigenvalue weighted by atomic mass is 19.4. The number of nitrogens with one attached hydrogen (secondary N) is 2. The lowest BCUT2D eigenvalue weighted by molar-refractivity contribution is -0.137. The van der Waals surface area contributed by atoms with Crippen LogP contribution in [0.2, 0.25) is 0 Å². The standard InChI is InChI=1S/C20H17F3N2O2/c21-20(22,23)17-10-4-8-15(12-17)9-5-11-24-19(27)14-25-18(26)13-16-6-2-1-3-7-16/h1-4,6-8,10,12H,11,13-14H2,(H,24,27)(H,25,26). The molecule has 7 heteroatoms. The van der Waals surface area contributed by atoms with E-state index in [-0.39, 0.29) is 31.0 Å².